The van der Waals surface area contributed by atoms with E-state index in [-0.39, 0.29) is 0 Å². The van der Waals surface area contributed by atoms with Crippen molar-refractivity contribution >= 4 is 0 Å². The van der Waals surface area contributed by atoms with E-state index in [9.17, 15) is 0 Å². The Balaban J connectivity index is 2.97. The number of allylic oxidation sites excluding steroid dienone is 8. The van der Waals surface area contributed by atoms with Gasteiger partial charge in [0.2, 0.25) is 0 Å². The van der Waals surface area contributed by atoms with E-state index in [4.69, 9.17) is 0 Å². The van der Waals surface area contributed by atoms with Crippen LogP contribution in [0.2, 0.25) is 0 Å². The van der Waals surface area contributed by atoms with Crippen LogP contribution in [-0.4, -0.2) is 0 Å². The normalized spacial score (nSPS) is 14.5. The lowest BCUT2D eigenvalue weighted by Crippen LogP contribution is -1.92. The Labute approximate surface area is 131 Å². The summed E-state index contributed by atoms with van der Waals surface area (Å²) in [6.07, 6.45) is 18.2. The summed E-state index contributed by atoms with van der Waals surface area (Å²) in [5, 5.41) is 0. The molecule has 1 aliphatic rings. The van der Waals surface area contributed by atoms with Gasteiger partial charge in [0.25, 0.3) is 0 Å². The summed E-state index contributed by atoms with van der Waals surface area (Å²) in [6, 6.07) is 0. The van der Waals surface area contributed by atoms with Gasteiger partial charge in [0.1, 0.15) is 0 Å². The second-order valence-corrected chi connectivity index (χ2v) is 5.65. The van der Waals surface area contributed by atoms with Gasteiger partial charge in [0.15, 0.2) is 0 Å². The highest BCUT2D eigenvalue weighted by molar-refractivity contribution is 5.48. The van der Waals surface area contributed by atoms with Crippen LogP contribution in [-0.2, 0) is 0 Å². The van der Waals surface area contributed by atoms with Crippen molar-refractivity contribution in [2.24, 2.45) is 0 Å². The Bertz CT molecular complexity index is 401. The molecule has 0 nitrogen and oxygen atoms in total. The molecule has 0 aliphatic heterocycles. The predicted octanol–water partition coefficient (Wildman–Crippen LogP) is 6.85. The smallest absolute Gasteiger partial charge is 0.00964 e. The average molecular weight is 282 g/mol. The van der Waals surface area contributed by atoms with Crippen molar-refractivity contribution in [2.75, 3.05) is 0 Å². The second kappa shape index (κ2) is 10.2. The molecule has 0 unspecified atom stereocenters. The highest BCUT2D eigenvalue weighted by Crippen LogP contribution is 2.41. The first-order valence-electron chi connectivity index (χ1n) is 8.14. The average Bonchev–Trinajstić information content (AvgIpc) is 2.83. The molecule has 0 aromatic carbocycles. The Morgan fingerprint density at radius 1 is 0.571 bits per heavy atom. The fourth-order valence-electron chi connectivity index (χ4n) is 3.08. The van der Waals surface area contributed by atoms with Gasteiger partial charge >= 0.3 is 0 Å². The molecule has 21 heavy (non-hydrogen) atoms. The summed E-state index contributed by atoms with van der Waals surface area (Å²) in [7, 11) is 0. The molecule has 0 atom stereocenters. The molecule has 0 heteroatoms. The van der Waals surface area contributed by atoms with E-state index >= 15 is 0 Å². The summed E-state index contributed by atoms with van der Waals surface area (Å²) < 4.78 is 0. The number of hydrogen-bond acceptors (Lipinski definition) is 0. The van der Waals surface area contributed by atoms with Gasteiger partial charge < -0.3 is 0 Å². The van der Waals surface area contributed by atoms with Crippen LogP contribution in [0.5, 0.6) is 0 Å². The molecule has 0 radical (unpaired) electrons. The van der Waals surface area contributed by atoms with Gasteiger partial charge in [0.05, 0.1) is 0 Å². The van der Waals surface area contributed by atoms with Crippen molar-refractivity contribution in [3.05, 3.63) is 72.9 Å². The second-order valence-electron chi connectivity index (χ2n) is 5.65. The lowest BCUT2D eigenvalue weighted by Gasteiger charge is -2.11. The molecule has 1 rings (SSSR count). The Morgan fingerprint density at radius 2 is 0.905 bits per heavy atom. The molecule has 1 aliphatic carbocycles. The van der Waals surface area contributed by atoms with Crippen LogP contribution in [0.15, 0.2) is 72.9 Å². The lowest BCUT2D eigenvalue weighted by molar-refractivity contribution is 0.868. The van der Waals surface area contributed by atoms with Gasteiger partial charge in [-0.15, -0.1) is 26.3 Å². The van der Waals surface area contributed by atoms with Crippen LogP contribution in [0.4, 0.5) is 0 Å². The van der Waals surface area contributed by atoms with Crippen LogP contribution in [0.25, 0.3) is 0 Å². The van der Waals surface area contributed by atoms with Crippen molar-refractivity contribution < 1.29 is 0 Å². The van der Waals surface area contributed by atoms with E-state index in [1.54, 1.807) is 22.3 Å². The highest BCUT2D eigenvalue weighted by Gasteiger charge is 2.22. The van der Waals surface area contributed by atoms with Crippen molar-refractivity contribution in [3.8, 4) is 0 Å². The standard InChI is InChI=1S/C21H30/c1-5-9-13-18-17-19(14-10-6-2)21(16-12-8-4)20(18)15-11-7-3/h5-8H,1-4,9-17H2. The maximum atomic E-state index is 3.88. The third kappa shape index (κ3) is 5.38. The first-order valence-corrected chi connectivity index (χ1v) is 8.14. The Morgan fingerprint density at radius 3 is 1.24 bits per heavy atom. The monoisotopic (exact) mass is 282 g/mol. The molecule has 114 valence electrons. The third-order valence-corrected chi connectivity index (χ3v) is 4.14. The maximum Gasteiger partial charge on any atom is -0.00964 e. The zero-order chi connectivity index (χ0) is 15.5. The van der Waals surface area contributed by atoms with Crippen LogP contribution in [0.1, 0.15) is 57.8 Å². The fourth-order valence-corrected chi connectivity index (χ4v) is 3.08. The zero-order valence-electron chi connectivity index (χ0n) is 13.5. The largest absolute Gasteiger partial charge is 0.103 e. The minimum Gasteiger partial charge on any atom is -0.103 e. The van der Waals surface area contributed by atoms with Crippen molar-refractivity contribution in [1.29, 1.82) is 0 Å². The summed E-state index contributed by atoms with van der Waals surface area (Å²) in [5.74, 6) is 0. The predicted molar refractivity (Wildman–Crippen MR) is 96.4 cm³/mol. The minimum absolute atomic E-state index is 1.07. The number of rotatable bonds is 12. The van der Waals surface area contributed by atoms with E-state index in [1.165, 1.54) is 6.42 Å². The maximum absolute atomic E-state index is 3.88. The van der Waals surface area contributed by atoms with Gasteiger partial charge in [-0.2, -0.15) is 0 Å². The molecular formula is C21H30. The molecule has 0 bridgehead atoms. The molecule has 0 aromatic heterocycles. The van der Waals surface area contributed by atoms with Crippen molar-refractivity contribution in [2.45, 2.75) is 57.8 Å². The third-order valence-electron chi connectivity index (χ3n) is 4.14. The molecule has 0 saturated heterocycles. The quantitative estimate of drug-likeness (QED) is 0.343. The molecule has 0 saturated carbocycles. The zero-order valence-corrected chi connectivity index (χ0v) is 13.5. The topological polar surface area (TPSA) is 0 Å². The van der Waals surface area contributed by atoms with E-state index in [2.05, 4.69) is 26.3 Å². The molecule has 0 N–H and O–H groups in total. The summed E-state index contributed by atoms with van der Waals surface area (Å²) in [4.78, 5) is 0. The van der Waals surface area contributed by atoms with Crippen molar-refractivity contribution in [1.82, 2.24) is 0 Å². The number of hydrogen-bond donors (Lipinski definition) is 0. The first kappa shape index (κ1) is 17.5. The molecule has 0 aromatic rings. The molecular weight excluding hydrogens is 252 g/mol. The van der Waals surface area contributed by atoms with E-state index in [0.29, 0.717) is 0 Å². The molecule has 0 heterocycles. The summed E-state index contributed by atoms with van der Waals surface area (Å²) in [6.45, 7) is 15.5. The van der Waals surface area contributed by atoms with Gasteiger partial charge in [0, 0.05) is 0 Å². The molecule has 0 amide bonds. The minimum atomic E-state index is 1.07. The first-order chi connectivity index (χ1) is 10.3. The Hall–Kier alpha value is -1.56. The van der Waals surface area contributed by atoms with Crippen LogP contribution in [0, 0.1) is 0 Å². The van der Waals surface area contributed by atoms with Gasteiger partial charge in [-0.1, -0.05) is 35.5 Å². The van der Waals surface area contributed by atoms with Gasteiger partial charge in [-0.3, -0.25) is 0 Å². The van der Waals surface area contributed by atoms with Crippen LogP contribution in [0.3, 0.4) is 0 Å². The molecule has 0 spiro atoms. The SMILES string of the molecule is C=CCCC1=C(CCC=C)C(CCC=C)=C(CCC=C)C1. The Kier molecular flexibility index (Phi) is 8.50. The highest BCUT2D eigenvalue weighted by atomic mass is 14.3. The van der Waals surface area contributed by atoms with E-state index < -0.39 is 0 Å². The fraction of sp³-hybridized carbons (Fsp3) is 0.429. The van der Waals surface area contributed by atoms with Gasteiger partial charge in [-0.25, -0.2) is 0 Å². The van der Waals surface area contributed by atoms with Gasteiger partial charge in [-0.05, 0) is 68.9 Å². The summed E-state index contributed by atoms with van der Waals surface area (Å²) >= 11 is 0. The molecule has 0 fully saturated rings. The van der Waals surface area contributed by atoms with Crippen LogP contribution < -0.4 is 0 Å². The van der Waals surface area contributed by atoms with E-state index in [1.807, 2.05) is 24.3 Å². The van der Waals surface area contributed by atoms with Crippen molar-refractivity contribution in [3.63, 3.8) is 0 Å². The van der Waals surface area contributed by atoms with E-state index in [0.717, 1.165) is 51.4 Å². The van der Waals surface area contributed by atoms with Crippen LogP contribution >= 0.6 is 0 Å². The lowest BCUT2D eigenvalue weighted by atomic mass is 9.94. The summed E-state index contributed by atoms with van der Waals surface area (Å²) in [5.41, 5.74) is 6.49.